The number of aromatic nitrogens is 2. The molecule has 29 heavy (non-hydrogen) atoms. The molecule has 0 saturated carbocycles. The van der Waals surface area contributed by atoms with Gasteiger partial charge in [0.05, 0.1) is 29.6 Å². The maximum Gasteiger partial charge on any atom is 0.260 e. The average Bonchev–Trinajstić information content (AvgIpc) is 3.22. The van der Waals surface area contributed by atoms with Crippen LogP contribution in [0.25, 0.3) is 10.2 Å². The maximum absolute atomic E-state index is 13.5. The second-order valence-corrected chi connectivity index (χ2v) is 7.57. The predicted octanol–water partition coefficient (Wildman–Crippen LogP) is 5.11. The molecule has 1 amide bonds. The van der Waals surface area contributed by atoms with Gasteiger partial charge in [-0.2, -0.15) is 0 Å². The van der Waals surface area contributed by atoms with E-state index in [2.05, 4.69) is 18.0 Å². The molecular formula is C23H21N3O2S. The summed E-state index contributed by atoms with van der Waals surface area (Å²) in [6.45, 7) is 2.46. The summed E-state index contributed by atoms with van der Waals surface area (Å²) in [6.07, 6.45) is 2.63. The largest absolute Gasteiger partial charge is 0.497 e. The molecule has 0 fully saturated rings. The SMILES string of the molecule is CCc1cccc2sc(N(Cc3ccccn3)C(=O)c3cccc(OC)c3)nc12. The number of rotatable bonds is 6. The van der Waals surface area contributed by atoms with Crippen molar-refractivity contribution in [2.24, 2.45) is 0 Å². The molecule has 0 aliphatic rings. The summed E-state index contributed by atoms with van der Waals surface area (Å²) in [7, 11) is 1.59. The van der Waals surface area contributed by atoms with Crippen molar-refractivity contribution in [1.29, 1.82) is 0 Å². The van der Waals surface area contributed by atoms with Gasteiger partial charge in [0.15, 0.2) is 5.13 Å². The summed E-state index contributed by atoms with van der Waals surface area (Å²) in [6, 6.07) is 19.0. The highest BCUT2D eigenvalue weighted by Crippen LogP contribution is 2.32. The van der Waals surface area contributed by atoms with E-state index in [9.17, 15) is 4.79 Å². The molecule has 0 N–H and O–H groups in total. The minimum Gasteiger partial charge on any atom is -0.497 e. The van der Waals surface area contributed by atoms with Gasteiger partial charge in [0.2, 0.25) is 0 Å². The van der Waals surface area contributed by atoms with Gasteiger partial charge < -0.3 is 4.74 Å². The quantitative estimate of drug-likeness (QED) is 0.449. The molecule has 0 atom stereocenters. The van der Waals surface area contributed by atoms with Crippen molar-refractivity contribution >= 4 is 32.6 Å². The Morgan fingerprint density at radius 2 is 1.97 bits per heavy atom. The van der Waals surface area contributed by atoms with Gasteiger partial charge in [-0.05, 0) is 48.4 Å². The smallest absolute Gasteiger partial charge is 0.260 e. The number of carbonyl (C=O) groups is 1. The molecule has 0 spiro atoms. The minimum atomic E-state index is -0.133. The van der Waals surface area contributed by atoms with Crippen LogP contribution in [0.4, 0.5) is 5.13 Å². The molecule has 2 aromatic heterocycles. The van der Waals surface area contributed by atoms with Crippen molar-refractivity contribution in [2.45, 2.75) is 19.9 Å². The summed E-state index contributed by atoms with van der Waals surface area (Å²) in [5.41, 5.74) is 3.49. The third-order valence-electron chi connectivity index (χ3n) is 4.71. The third-order valence-corrected chi connectivity index (χ3v) is 5.75. The molecule has 2 heterocycles. The zero-order valence-electron chi connectivity index (χ0n) is 16.3. The fourth-order valence-electron chi connectivity index (χ4n) is 3.19. The van der Waals surface area contributed by atoms with Crippen molar-refractivity contribution < 1.29 is 9.53 Å². The second-order valence-electron chi connectivity index (χ2n) is 6.56. The first kappa shape index (κ1) is 19.1. The molecule has 0 aliphatic carbocycles. The molecular weight excluding hydrogens is 382 g/mol. The molecule has 146 valence electrons. The number of hydrogen-bond acceptors (Lipinski definition) is 5. The number of methoxy groups -OCH3 is 1. The molecule has 6 heteroatoms. The summed E-state index contributed by atoms with van der Waals surface area (Å²) in [4.78, 5) is 24.4. The Labute approximate surface area is 173 Å². The van der Waals surface area contributed by atoms with Gasteiger partial charge in [-0.1, -0.05) is 42.5 Å². The first-order valence-electron chi connectivity index (χ1n) is 9.44. The number of amides is 1. The van der Waals surface area contributed by atoms with E-state index >= 15 is 0 Å². The minimum absolute atomic E-state index is 0.133. The fourth-order valence-corrected chi connectivity index (χ4v) is 4.20. The Kier molecular flexibility index (Phi) is 5.53. The van der Waals surface area contributed by atoms with Crippen molar-refractivity contribution in [2.75, 3.05) is 12.0 Å². The zero-order valence-corrected chi connectivity index (χ0v) is 17.1. The summed E-state index contributed by atoms with van der Waals surface area (Å²) in [5.74, 6) is 0.512. The van der Waals surface area contributed by atoms with Crippen LogP contribution in [0.2, 0.25) is 0 Å². The van der Waals surface area contributed by atoms with Crippen molar-refractivity contribution in [3.8, 4) is 5.75 Å². The zero-order chi connectivity index (χ0) is 20.2. The van der Waals surface area contributed by atoms with Gasteiger partial charge in [-0.15, -0.1) is 0 Å². The first-order chi connectivity index (χ1) is 14.2. The number of ether oxygens (including phenoxy) is 1. The van der Waals surface area contributed by atoms with E-state index in [-0.39, 0.29) is 5.91 Å². The number of nitrogens with zero attached hydrogens (tertiary/aromatic N) is 3. The van der Waals surface area contributed by atoms with Gasteiger partial charge in [0.1, 0.15) is 5.75 Å². The van der Waals surface area contributed by atoms with Crippen LogP contribution in [-0.2, 0) is 13.0 Å². The standard InChI is InChI=1S/C23H21N3O2S/c1-3-16-8-7-12-20-21(16)25-23(29-20)26(15-18-10-4-5-13-24-18)22(27)17-9-6-11-19(14-17)28-2/h4-14H,3,15H2,1-2H3. The van der Waals surface area contributed by atoms with Crippen molar-refractivity contribution in [3.05, 3.63) is 83.7 Å². The third kappa shape index (κ3) is 3.98. The molecule has 5 nitrogen and oxygen atoms in total. The van der Waals surface area contributed by atoms with Crippen LogP contribution < -0.4 is 9.64 Å². The lowest BCUT2D eigenvalue weighted by molar-refractivity contribution is 0.0984. The van der Waals surface area contributed by atoms with Crippen molar-refractivity contribution in [1.82, 2.24) is 9.97 Å². The van der Waals surface area contributed by atoms with Crippen LogP contribution in [0, 0.1) is 0 Å². The van der Waals surface area contributed by atoms with Gasteiger partial charge in [0.25, 0.3) is 5.91 Å². The van der Waals surface area contributed by atoms with E-state index in [4.69, 9.17) is 9.72 Å². The number of benzene rings is 2. The van der Waals surface area contributed by atoms with E-state index in [1.807, 2.05) is 42.5 Å². The second kappa shape index (κ2) is 8.41. The number of carbonyl (C=O) groups excluding carboxylic acids is 1. The van der Waals surface area contributed by atoms with Crippen LogP contribution in [-0.4, -0.2) is 23.0 Å². The van der Waals surface area contributed by atoms with Crippen LogP contribution in [0.1, 0.15) is 28.5 Å². The number of aryl methyl sites for hydroxylation is 1. The number of anilines is 1. The molecule has 0 radical (unpaired) electrons. The Morgan fingerprint density at radius 1 is 1.10 bits per heavy atom. The van der Waals surface area contributed by atoms with Gasteiger partial charge in [0, 0.05) is 11.8 Å². The van der Waals surface area contributed by atoms with Gasteiger partial charge in [-0.25, -0.2) is 4.98 Å². The Balaban J connectivity index is 1.79. The molecule has 0 saturated heterocycles. The van der Waals surface area contributed by atoms with Crippen molar-refractivity contribution in [3.63, 3.8) is 0 Å². The number of hydrogen-bond donors (Lipinski definition) is 0. The van der Waals surface area contributed by atoms with Crippen LogP contribution in [0.15, 0.2) is 66.9 Å². The first-order valence-corrected chi connectivity index (χ1v) is 10.3. The molecule has 0 bridgehead atoms. The number of thiazole rings is 1. The lowest BCUT2D eigenvalue weighted by atomic mass is 10.1. The number of pyridine rings is 1. The summed E-state index contributed by atoms with van der Waals surface area (Å²) < 4.78 is 6.36. The Bertz CT molecular complexity index is 1140. The highest BCUT2D eigenvalue weighted by Gasteiger charge is 2.23. The summed E-state index contributed by atoms with van der Waals surface area (Å²) in [5, 5.41) is 0.666. The highest BCUT2D eigenvalue weighted by molar-refractivity contribution is 7.22. The molecule has 0 unspecified atom stereocenters. The number of para-hydroxylation sites is 1. The monoisotopic (exact) mass is 403 g/mol. The number of fused-ring (bicyclic) bond motifs is 1. The Morgan fingerprint density at radius 3 is 2.72 bits per heavy atom. The molecule has 0 aliphatic heterocycles. The topological polar surface area (TPSA) is 55.3 Å². The van der Waals surface area contributed by atoms with E-state index in [0.29, 0.717) is 23.0 Å². The molecule has 2 aromatic carbocycles. The normalized spacial score (nSPS) is 10.8. The van der Waals surface area contributed by atoms with Crippen LogP contribution in [0.5, 0.6) is 5.75 Å². The van der Waals surface area contributed by atoms with Crippen LogP contribution in [0.3, 0.4) is 0 Å². The van der Waals surface area contributed by atoms with Gasteiger partial charge >= 0.3 is 0 Å². The van der Waals surface area contributed by atoms with E-state index in [1.54, 1.807) is 30.3 Å². The van der Waals surface area contributed by atoms with E-state index < -0.39 is 0 Å². The average molecular weight is 404 g/mol. The highest BCUT2D eigenvalue weighted by atomic mass is 32.1. The Hall–Kier alpha value is -3.25. The lowest BCUT2D eigenvalue weighted by Gasteiger charge is -2.20. The van der Waals surface area contributed by atoms with Crippen LogP contribution >= 0.6 is 11.3 Å². The lowest BCUT2D eigenvalue weighted by Crippen LogP contribution is -2.30. The predicted molar refractivity (Wildman–Crippen MR) is 117 cm³/mol. The maximum atomic E-state index is 13.5. The fraction of sp³-hybridized carbons (Fsp3) is 0.174. The van der Waals surface area contributed by atoms with Gasteiger partial charge in [-0.3, -0.25) is 14.7 Å². The van der Waals surface area contributed by atoms with E-state index in [0.717, 1.165) is 22.3 Å². The molecule has 4 rings (SSSR count). The molecule has 4 aromatic rings. The van der Waals surface area contributed by atoms with E-state index in [1.165, 1.54) is 16.9 Å². The summed E-state index contributed by atoms with van der Waals surface area (Å²) >= 11 is 1.52.